The van der Waals surface area contributed by atoms with E-state index in [-0.39, 0.29) is 17.3 Å². The normalized spacial score (nSPS) is 15.7. The van der Waals surface area contributed by atoms with Crippen LogP contribution < -0.4 is 5.32 Å². The van der Waals surface area contributed by atoms with E-state index in [0.717, 1.165) is 30.7 Å². The van der Waals surface area contributed by atoms with Crippen LogP contribution in [0.2, 0.25) is 0 Å². The summed E-state index contributed by atoms with van der Waals surface area (Å²) in [4.78, 5) is 12.6. The molecule has 0 unspecified atom stereocenters. The van der Waals surface area contributed by atoms with E-state index in [9.17, 15) is 13.2 Å². The molecule has 7 nitrogen and oxygen atoms in total. The Balaban J connectivity index is 1.78. The molecule has 0 radical (unpaired) electrons. The molecule has 1 aliphatic heterocycles. The molecular formula is C19H26N4O3S. The van der Waals surface area contributed by atoms with Gasteiger partial charge in [-0.3, -0.25) is 9.48 Å². The molecule has 1 aliphatic rings. The van der Waals surface area contributed by atoms with Gasteiger partial charge in [-0.05, 0) is 57.4 Å². The number of carbonyl (C=O) groups is 1. The Morgan fingerprint density at radius 3 is 2.44 bits per heavy atom. The first-order valence-electron chi connectivity index (χ1n) is 9.19. The second kappa shape index (κ2) is 7.82. The van der Waals surface area contributed by atoms with E-state index in [1.54, 1.807) is 34.1 Å². The Hall–Kier alpha value is -2.19. The van der Waals surface area contributed by atoms with Gasteiger partial charge < -0.3 is 5.32 Å². The number of nitrogens with zero attached hydrogens (tertiary/aromatic N) is 3. The Kier molecular flexibility index (Phi) is 5.67. The number of rotatable bonds is 5. The van der Waals surface area contributed by atoms with Gasteiger partial charge in [-0.25, -0.2) is 8.42 Å². The van der Waals surface area contributed by atoms with Crippen LogP contribution in [0.5, 0.6) is 0 Å². The van der Waals surface area contributed by atoms with Gasteiger partial charge in [-0.2, -0.15) is 9.40 Å². The summed E-state index contributed by atoms with van der Waals surface area (Å²) in [6.45, 7) is 6.73. The van der Waals surface area contributed by atoms with Crippen molar-refractivity contribution in [3.63, 3.8) is 0 Å². The van der Waals surface area contributed by atoms with Crippen LogP contribution in [-0.2, 0) is 21.4 Å². The van der Waals surface area contributed by atoms with Crippen LogP contribution in [0.15, 0.2) is 29.2 Å². The molecule has 0 bridgehead atoms. The van der Waals surface area contributed by atoms with Gasteiger partial charge in [0.2, 0.25) is 15.9 Å². The summed E-state index contributed by atoms with van der Waals surface area (Å²) in [5, 5.41) is 7.06. The van der Waals surface area contributed by atoms with E-state index in [2.05, 4.69) is 10.4 Å². The van der Waals surface area contributed by atoms with Crippen molar-refractivity contribution in [1.29, 1.82) is 0 Å². The molecule has 0 spiro atoms. The van der Waals surface area contributed by atoms with E-state index in [1.165, 1.54) is 0 Å². The average molecular weight is 391 g/mol. The van der Waals surface area contributed by atoms with Crippen molar-refractivity contribution in [1.82, 2.24) is 14.1 Å². The van der Waals surface area contributed by atoms with Crippen molar-refractivity contribution in [2.24, 2.45) is 0 Å². The SMILES string of the molecule is Cc1cc(C)n(CC(=O)Nc2ccc(C)c(S(=O)(=O)N3CCCCC3)c2)n1. The van der Waals surface area contributed by atoms with Gasteiger partial charge in [-0.15, -0.1) is 0 Å². The summed E-state index contributed by atoms with van der Waals surface area (Å²) in [5.74, 6) is -0.244. The predicted molar refractivity (Wildman–Crippen MR) is 104 cm³/mol. The van der Waals surface area contributed by atoms with Crippen molar-refractivity contribution in [3.8, 4) is 0 Å². The first kappa shape index (κ1) is 19.6. The van der Waals surface area contributed by atoms with Crippen LogP contribution in [0.1, 0.15) is 36.2 Å². The Morgan fingerprint density at radius 1 is 1.11 bits per heavy atom. The summed E-state index contributed by atoms with van der Waals surface area (Å²) >= 11 is 0. The lowest BCUT2D eigenvalue weighted by molar-refractivity contribution is -0.116. The van der Waals surface area contributed by atoms with Gasteiger partial charge in [0.15, 0.2) is 0 Å². The standard InChI is InChI=1S/C19H26N4O3S/c1-14-7-8-17(20-19(24)13-23-16(3)11-15(2)21-23)12-18(14)27(25,26)22-9-5-4-6-10-22/h7-8,11-12H,4-6,9-10,13H2,1-3H3,(H,20,24). The maximum Gasteiger partial charge on any atom is 0.246 e. The van der Waals surface area contributed by atoms with Crippen molar-refractivity contribution in [2.75, 3.05) is 18.4 Å². The van der Waals surface area contributed by atoms with Crippen LogP contribution in [0.3, 0.4) is 0 Å². The number of benzene rings is 1. The van der Waals surface area contributed by atoms with E-state index in [0.29, 0.717) is 24.3 Å². The predicted octanol–water partition coefficient (Wildman–Crippen LogP) is 2.62. The third-order valence-corrected chi connectivity index (χ3v) is 6.84. The highest BCUT2D eigenvalue weighted by Gasteiger charge is 2.27. The highest BCUT2D eigenvalue weighted by molar-refractivity contribution is 7.89. The maximum absolute atomic E-state index is 13.0. The number of hydrogen-bond acceptors (Lipinski definition) is 4. The van der Waals surface area contributed by atoms with Crippen LogP contribution in [0.4, 0.5) is 5.69 Å². The molecular weight excluding hydrogens is 364 g/mol. The fourth-order valence-corrected chi connectivity index (χ4v) is 5.14. The molecule has 27 heavy (non-hydrogen) atoms. The molecule has 0 saturated carbocycles. The smallest absolute Gasteiger partial charge is 0.246 e. The van der Waals surface area contributed by atoms with Gasteiger partial charge >= 0.3 is 0 Å². The van der Waals surface area contributed by atoms with Gasteiger partial charge in [0.1, 0.15) is 6.54 Å². The molecule has 146 valence electrons. The second-order valence-electron chi connectivity index (χ2n) is 7.08. The lowest BCUT2D eigenvalue weighted by Crippen LogP contribution is -2.36. The number of sulfonamides is 1. The van der Waals surface area contributed by atoms with Crippen LogP contribution in [0.25, 0.3) is 0 Å². The first-order chi connectivity index (χ1) is 12.8. The molecule has 1 aromatic heterocycles. The highest BCUT2D eigenvalue weighted by Crippen LogP contribution is 2.26. The number of aromatic nitrogens is 2. The number of amides is 1. The Morgan fingerprint density at radius 2 is 1.81 bits per heavy atom. The Bertz CT molecular complexity index is 944. The topological polar surface area (TPSA) is 84.3 Å². The van der Waals surface area contributed by atoms with Gasteiger partial charge in [0.05, 0.1) is 10.6 Å². The molecule has 8 heteroatoms. The molecule has 1 amide bonds. The summed E-state index contributed by atoms with van der Waals surface area (Å²) in [6.07, 6.45) is 2.84. The third-order valence-electron chi connectivity index (χ3n) is 4.80. The summed E-state index contributed by atoms with van der Waals surface area (Å²) < 4.78 is 29.1. The van der Waals surface area contributed by atoms with E-state index < -0.39 is 10.0 Å². The molecule has 1 saturated heterocycles. The molecule has 1 N–H and O–H groups in total. The number of nitrogens with one attached hydrogen (secondary N) is 1. The molecule has 1 aromatic carbocycles. The highest BCUT2D eigenvalue weighted by atomic mass is 32.2. The zero-order chi connectivity index (χ0) is 19.6. The van der Waals surface area contributed by atoms with Crippen LogP contribution in [-0.4, -0.2) is 41.5 Å². The summed E-state index contributed by atoms with van der Waals surface area (Å²) in [7, 11) is -3.55. The van der Waals surface area contributed by atoms with Crippen molar-refractivity contribution >= 4 is 21.6 Å². The van der Waals surface area contributed by atoms with Gasteiger partial charge in [-0.1, -0.05) is 12.5 Å². The van der Waals surface area contributed by atoms with Crippen molar-refractivity contribution in [3.05, 3.63) is 41.2 Å². The van der Waals surface area contributed by atoms with Crippen molar-refractivity contribution in [2.45, 2.75) is 51.5 Å². The van der Waals surface area contributed by atoms with Gasteiger partial charge in [0.25, 0.3) is 0 Å². The van der Waals surface area contributed by atoms with Crippen molar-refractivity contribution < 1.29 is 13.2 Å². The molecule has 0 atom stereocenters. The van der Waals surface area contributed by atoms with Crippen LogP contribution in [0, 0.1) is 20.8 Å². The largest absolute Gasteiger partial charge is 0.324 e. The van der Waals surface area contributed by atoms with E-state index in [1.807, 2.05) is 19.9 Å². The average Bonchev–Trinajstić information content (AvgIpc) is 2.94. The number of hydrogen-bond donors (Lipinski definition) is 1. The number of piperidine rings is 1. The number of carbonyl (C=O) groups excluding carboxylic acids is 1. The molecule has 0 aliphatic carbocycles. The zero-order valence-electron chi connectivity index (χ0n) is 16.0. The second-order valence-corrected chi connectivity index (χ2v) is 8.98. The first-order valence-corrected chi connectivity index (χ1v) is 10.6. The monoisotopic (exact) mass is 390 g/mol. The summed E-state index contributed by atoms with van der Waals surface area (Å²) in [5.41, 5.74) is 2.91. The molecule has 1 fully saturated rings. The van der Waals surface area contributed by atoms with E-state index in [4.69, 9.17) is 0 Å². The fraction of sp³-hybridized carbons (Fsp3) is 0.474. The maximum atomic E-state index is 13.0. The number of aryl methyl sites for hydroxylation is 3. The zero-order valence-corrected chi connectivity index (χ0v) is 16.8. The minimum Gasteiger partial charge on any atom is -0.324 e. The van der Waals surface area contributed by atoms with Gasteiger partial charge in [0, 0.05) is 24.5 Å². The Labute approximate surface area is 160 Å². The molecule has 2 aromatic rings. The lowest BCUT2D eigenvalue weighted by Gasteiger charge is -2.26. The molecule has 2 heterocycles. The summed E-state index contributed by atoms with van der Waals surface area (Å²) in [6, 6.07) is 6.92. The van der Waals surface area contributed by atoms with Crippen LogP contribution >= 0.6 is 0 Å². The third kappa shape index (κ3) is 4.39. The lowest BCUT2D eigenvalue weighted by atomic mass is 10.2. The minimum absolute atomic E-state index is 0.0851. The van der Waals surface area contributed by atoms with E-state index >= 15 is 0 Å². The minimum atomic E-state index is -3.55. The quantitative estimate of drug-likeness (QED) is 0.851. The number of anilines is 1. The molecule has 3 rings (SSSR count). The fourth-order valence-electron chi connectivity index (χ4n) is 3.37.